The first-order chi connectivity index (χ1) is 16.3. The summed E-state index contributed by atoms with van der Waals surface area (Å²) in [6.07, 6.45) is -4.43. The van der Waals surface area contributed by atoms with Gasteiger partial charge in [0.25, 0.3) is 0 Å². The molecule has 0 aliphatic rings. The summed E-state index contributed by atoms with van der Waals surface area (Å²) >= 11 is 6.31. The number of halogens is 4. The van der Waals surface area contributed by atoms with Gasteiger partial charge in [-0.05, 0) is 48.5 Å². The molecule has 0 aliphatic carbocycles. The zero-order valence-corrected chi connectivity index (χ0v) is 18.4. The minimum absolute atomic E-state index is 0.242. The Labute approximate surface area is 198 Å². The van der Waals surface area contributed by atoms with Gasteiger partial charge < -0.3 is 16.0 Å². The molecule has 10 heteroatoms. The summed E-state index contributed by atoms with van der Waals surface area (Å²) in [7, 11) is 0. The maximum atomic E-state index is 12.6. The average molecular weight is 486 g/mol. The summed E-state index contributed by atoms with van der Waals surface area (Å²) in [5, 5.41) is 9.69. The number of carbonyl (C=O) groups excluding carboxylic acids is 1. The smallest absolute Gasteiger partial charge is 0.368 e. The Kier molecular flexibility index (Phi) is 6.83. The first kappa shape index (κ1) is 23.3. The van der Waals surface area contributed by atoms with Gasteiger partial charge in [0.05, 0.1) is 16.1 Å². The van der Waals surface area contributed by atoms with Crippen molar-refractivity contribution in [1.82, 2.24) is 15.3 Å². The molecule has 0 fully saturated rings. The van der Waals surface area contributed by atoms with Crippen LogP contribution in [0.4, 0.5) is 29.5 Å². The average Bonchev–Trinajstić information content (AvgIpc) is 2.81. The Bertz CT molecular complexity index is 1310. The lowest BCUT2D eigenvalue weighted by Gasteiger charge is -2.13. The Morgan fingerprint density at radius 1 is 0.882 bits per heavy atom. The molecule has 0 saturated carbocycles. The van der Waals surface area contributed by atoms with Crippen molar-refractivity contribution < 1.29 is 18.0 Å². The number of nitrogens with one attached hydrogen (secondary N) is 3. The molecule has 0 spiro atoms. The molecule has 0 atom stereocenters. The van der Waals surface area contributed by atoms with Crippen molar-refractivity contribution in [2.75, 3.05) is 23.7 Å². The number of aromatic nitrogens is 2. The number of urea groups is 1. The molecule has 6 nitrogen and oxygen atoms in total. The van der Waals surface area contributed by atoms with E-state index in [1.807, 2.05) is 42.5 Å². The van der Waals surface area contributed by atoms with Gasteiger partial charge in [0, 0.05) is 29.7 Å². The number of carbonyl (C=O) groups is 1. The lowest BCUT2D eigenvalue weighted by Crippen LogP contribution is -2.32. The molecule has 0 radical (unpaired) electrons. The van der Waals surface area contributed by atoms with Crippen LogP contribution in [0.2, 0.25) is 5.02 Å². The van der Waals surface area contributed by atoms with Gasteiger partial charge in [-0.25, -0.2) is 14.8 Å². The highest BCUT2D eigenvalue weighted by atomic mass is 35.5. The second-order valence-corrected chi connectivity index (χ2v) is 7.68. The molecule has 1 aromatic heterocycles. The maximum absolute atomic E-state index is 12.6. The van der Waals surface area contributed by atoms with Gasteiger partial charge in [-0.15, -0.1) is 0 Å². The Morgan fingerprint density at radius 2 is 1.59 bits per heavy atom. The molecule has 3 N–H and O–H groups in total. The third kappa shape index (κ3) is 5.55. The number of para-hydroxylation sites is 1. The molecule has 4 aromatic rings. The monoisotopic (exact) mass is 485 g/mol. The van der Waals surface area contributed by atoms with Crippen molar-refractivity contribution in [3.8, 4) is 11.4 Å². The summed E-state index contributed by atoms with van der Waals surface area (Å²) in [5.74, 6) is 1.06. The maximum Gasteiger partial charge on any atom is 0.416 e. The SMILES string of the molecule is O=C(NCCNc1nc(-c2ccccc2Cl)nc2ccccc12)Nc1ccc(C(F)(F)F)cc1. The summed E-state index contributed by atoms with van der Waals surface area (Å²) in [5.41, 5.74) is 0.912. The van der Waals surface area contributed by atoms with Crippen LogP contribution in [0, 0.1) is 0 Å². The van der Waals surface area contributed by atoms with Gasteiger partial charge in [0.1, 0.15) is 5.82 Å². The fourth-order valence-electron chi connectivity index (χ4n) is 3.25. The summed E-state index contributed by atoms with van der Waals surface area (Å²) in [4.78, 5) is 21.3. The van der Waals surface area contributed by atoms with E-state index >= 15 is 0 Å². The second kappa shape index (κ2) is 9.96. The number of hydrogen-bond donors (Lipinski definition) is 3. The molecule has 34 heavy (non-hydrogen) atoms. The van der Waals surface area contributed by atoms with E-state index in [2.05, 4.69) is 25.9 Å². The minimum Gasteiger partial charge on any atom is -0.368 e. The quantitative estimate of drug-likeness (QED) is 0.284. The van der Waals surface area contributed by atoms with Gasteiger partial charge in [-0.1, -0.05) is 35.9 Å². The molecule has 2 amide bonds. The number of anilines is 2. The third-order valence-corrected chi connectivity index (χ3v) is 5.22. The number of alkyl halides is 3. The van der Waals surface area contributed by atoms with E-state index in [9.17, 15) is 18.0 Å². The van der Waals surface area contributed by atoms with E-state index in [0.717, 1.165) is 23.0 Å². The summed E-state index contributed by atoms with van der Waals surface area (Å²) in [6, 6.07) is 18.5. The van der Waals surface area contributed by atoms with Crippen molar-refractivity contribution >= 4 is 40.0 Å². The molecule has 1 heterocycles. The van der Waals surface area contributed by atoms with Crippen molar-refractivity contribution in [2.24, 2.45) is 0 Å². The van der Waals surface area contributed by atoms with Gasteiger partial charge in [0.2, 0.25) is 0 Å². The second-order valence-electron chi connectivity index (χ2n) is 7.28. The fourth-order valence-corrected chi connectivity index (χ4v) is 3.47. The van der Waals surface area contributed by atoms with E-state index in [0.29, 0.717) is 28.8 Å². The van der Waals surface area contributed by atoms with Crippen LogP contribution in [-0.2, 0) is 6.18 Å². The van der Waals surface area contributed by atoms with Crippen molar-refractivity contribution in [3.05, 3.63) is 83.4 Å². The predicted octanol–water partition coefficient (Wildman–Crippen LogP) is 6.20. The van der Waals surface area contributed by atoms with Crippen molar-refractivity contribution in [1.29, 1.82) is 0 Å². The van der Waals surface area contributed by atoms with Crippen LogP contribution >= 0.6 is 11.6 Å². The first-order valence-electron chi connectivity index (χ1n) is 10.3. The van der Waals surface area contributed by atoms with Gasteiger partial charge in [-0.2, -0.15) is 13.2 Å². The molecular formula is C24H19ClF3N5O. The topological polar surface area (TPSA) is 78.9 Å². The normalized spacial score (nSPS) is 11.3. The van der Waals surface area contributed by atoms with Crippen LogP contribution in [0.5, 0.6) is 0 Å². The highest BCUT2D eigenvalue weighted by Crippen LogP contribution is 2.30. The first-order valence-corrected chi connectivity index (χ1v) is 10.7. The fraction of sp³-hybridized carbons (Fsp3) is 0.125. The number of rotatable bonds is 6. The van der Waals surface area contributed by atoms with Crippen LogP contribution in [0.15, 0.2) is 72.8 Å². The molecule has 0 unspecified atom stereocenters. The number of amides is 2. The van der Waals surface area contributed by atoms with Crippen molar-refractivity contribution in [3.63, 3.8) is 0 Å². The lowest BCUT2D eigenvalue weighted by molar-refractivity contribution is -0.137. The Hall–Kier alpha value is -3.85. The van der Waals surface area contributed by atoms with Crippen molar-refractivity contribution in [2.45, 2.75) is 6.18 Å². The van der Waals surface area contributed by atoms with Crippen LogP contribution in [0.25, 0.3) is 22.3 Å². The summed E-state index contributed by atoms with van der Waals surface area (Å²) in [6.45, 7) is 0.593. The molecule has 174 valence electrons. The number of benzene rings is 3. The van der Waals surface area contributed by atoms with Gasteiger partial charge in [-0.3, -0.25) is 0 Å². The number of nitrogens with zero attached hydrogens (tertiary/aromatic N) is 2. The van der Waals surface area contributed by atoms with Gasteiger partial charge >= 0.3 is 12.2 Å². The van der Waals surface area contributed by atoms with E-state index in [4.69, 9.17) is 11.6 Å². The Morgan fingerprint density at radius 3 is 2.32 bits per heavy atom. The van der Waals surface area contributed by atoms with Gasteiger partial charge in [0.15, 0.2) is 5.82 Å². The van der Waals surface area contributed by atoms with Crippen LogP contribution in [0.1, 0.15) is 5.56 Å². The Balaban J connectivity index is 1.39. The van der Waals surface area contributed by atoms with Crippen LogP contribution in [0.3, 0.4) is 0 Å². The van der Waals surface area contributed by atoms with E-state index < -0.39 is 17.8 Å². The molecule has 0 bridgehead atoms. The highest BCUT2D eigenvalue weighted by molar-refractivity contribution is 6.33. The largest absolute Gasteiger partial charge is 0.416 e. The van der Waals surface area contributed by atoms with Crippen LogP contribution in [-0.4, -0.2) is 29.1 Å². The molecule has 0 saturated heterocycles. The third-order valence-electron chi connectivity index (χ3n) is 4.89. The predicted molar refractivity (Wildman–Crippen MR) is 127 cm³/mol. The van der Waals surface area contributed by atoms with E-state index in [-0.39, 0.29) is 12.2 Å². The minimum atomic E-state index is -4.43. The molecule has 0 aliphatic heterocycles. The van der Waals surface area contributed by atoms with E-state index in [1.165, 1.54) is 12.1 Å². The molecular weight excluding hydrogens is 467 g/mol. The number of fused-ring (bicyclic) bond motifs is 1. The highest BCUT2D eigenvalue weighted by Gasteiger charge is 2.30. The van der Waals surface area contributed by atoms with Crippen LogP contribution < -0.4 is 16.0 Å². The van der Waals surface area contributed by atoms with E-state index in [1.54, 1.807) is 6.07 Å². The molecule has 3 aromatic carbocycles. The zero-order valence-electron chi connectivity index (χ0n) is 17.7. The lowest BCUT2D eigenvalue weighted by atomic mass is 10.2. The summed E-state index contributed by atoms with van der Waals surface area (Å²) < 4.78 is 37.9. The standard InChI is InChI=1S/C24H19ClF3N5O/c25-19-7-3-1-5-17(19)22-32-20-8-4-2-6-18(20)21(33-22)29-13-14-30-23(34)31-16-11-9-15(10-12-16)24(26,27)28/h1-12H,13-14H2,(H,29,32,33)(H2,30,31,34). The molecule has 4 rings (SSSR count). The zero-order chi connectivity index (χ0) is 24.1. The number of hydrogen-bond acceptors (Lipinski definition) is 4.